The molecule has 104 valence electrons. The molecule has 0 aliphatic rings. The number of nitro benzene ring substituents is 1. The quantitative estimate of drug-likeness (QED) is 0.290. The first-order chi connectivity index (χ1) is 9.51. The van der Waals surface area contributed by atoms with Crippen LogP contribution in [0.3, 0.4) is 0 Å². The van der Waals surface area contributed by atoms with Gasteiger partial charge >= 0.3 is 0 Å². The Hall–Kier alpha value is -2.20. The van der Waals surface area contributed by atoms with Crippen molar-refractivity contribution < 1.29 is 10.1 Å². The average Bonchev–Trinajstić information content (AvgIpc) is 2.83. The number of oxime groups is 1. The normalized spacial score (nSPS) is 11.6. The van der Waals surface area contributed by atoms with Crippen LogP contribution in [0.2, 0.25) is 0 Å². The van der Waals surface area contributed by atoms with Crippen LogP contribution in [-0.4, -0.2) is 25.3 Å². The van der Waals surface area contributed by atoms with Crippen LogP contribution in [0.15, 0.2) is 32.6 Å². The van der Waals surface area contributed by atoms with Gasteiger partial charge in [0.1, 0.15) is 5.82 Å². The highest BCUT2D eigenvalue weighted by Crippen LogP contribution is 2.36. The predicted octanol–water partition coefficient (Wildman–Crippen LogP) is 2.00. The van der Waals surface area contributed by atoms with E-state index >= 15 is 0 Å². The zero-order valence-electron chi connectivity index (χ0n) is 10.2. The number of hydrogen-bond acceptors (Lipinski definition) is 8. The minimum atomic E-state index is -0.523. The molecule has 0 radical (unpaired) electrons. The summed E-state index contributed by atoms with van der Waals surface area (Å²) in [4.78, 5) is 15.1. The van der Waals surface area contributed by atoms with Gasteiger partial charge < -0.3 is 10.9 Å². The molecule has 10 heteroatoms. The summed E-state index contributed by atoms with van der Waals surface area (Å²) >= 11 is 2.32. The molecule has 1 heterocycles. The van der Waals surface area contributed by atoms with E-state index < -0.39 is 4.92 Å². The lowest BCUT2D eigenvalue weighted by Crippen LogP contribution is -2.13. The number of nitro groups is 1. The van der Waals surface area contributed by atoms with Gasteiger partial charge in [-0.15, -0.1) is 0 Å². The molecule has 1 aromatic carbocycles. The fourth-order valence-corrected chi connectivity index (χ4v) is 3.07. The summed E-state index contributed by atoms with van der Waals surface area (Å²) in [5, 5.41) is 22.5. The summed E-state index contributed by atoms with van der Waals surface area (Å²) in [6.07, 6.45) is 0. The Kier molecular flexibility index (Phi) is 4.15. The molecule has 0 saturated carbocycles. The molecule has 3 N–H and O–H groups in total. The molecule has 1 aromatic heterocycles. The van der Waals surface area contributed by atoms with Crippen LogP contribution in [0.1, 0.15) is 11.4 Å². The van der Waals surface area contributed by atoms with E-state index in [4.69, 9.17) is 10.9 Å². The second-order valence-corrected chi connectivity index (χ2v) is 5.68. The number of aromatic nitrogens is 2. The summed E-state index contributed by atoms with van der Waals surface area (Å²) in [6.45, 7) is 1.75. The zero-order valence-corrected chi connectivity index (χ0v) is 11.8. The van der Waals surface area contributed by atoms with Gasteiger partial charge in [0, 0.05) is 11.6 Å². The van der Waals surface area contributed by atoms with Crippen LogP contribution in [0.25, 0.3) is 0 Å². The average molecular weight is 311 g/mol. The van der Waals surface area contributed by atoms with Crippen molar-refractivity contribution in [1.82, 2.24) is 9.36 Å². The van der Waals surface area contributed by atoms with Gasteiger partial charge in [-0.1, -0.05) is 16.9 Å². The second-order valence-electron chi connectivity index (χ2n) is 3.63. The molecule has 0 saturated heterocycles. The first-order valence-corrected chi connectivity index (χ1v) is 6.84. The lowest BCUT2D eigenvalue weighted by Gasteiger charge is -2.03. The number of nitrogens with zero attached hydrogens (tertiary/aromatic N) is 4. The van der Waals surface area contributed by atoms with Gasteiger partial charge in [0.2, 0.25) is 0 Å². The van der Waals surface area contributed by atoms with Crippen molar-refractivity contribution in [2.45, 2.75) is 16.2 Å². The molecule has 0 atom stereocenters. The van der Waals surface area contributed by atoms with Crippen LogP contribution >= 0.6 is 23.3 Å². The topological polar surface area (TPSA) is 128 Å². The molecule has 0 spiro atoms. The van der Waals surface area contributed by atoms with E-state index in [1.807, 2.05) is 0 Å². The maximum absolute atomic E-state index is 11.1. The predicted molar refractivity (Wildman–Crippen MR) is 74.4 cm³/mol. The third kappa shape index (κ3) is 3.03. The van der Waals surface area contributed by atoms with E-state index in [0.29, 0.717) is 15.1 Å². The van der Waals surface area contributed by atoms with Crippen molar-refractivity contribution in [3.63, 3.8) is 0 Å². The third-order valence-electron chi connectivity index (χ3n) is 2.27. The molecule has 0 fully saturated rings. The number of benzene rings is 1. The molecule has 2 rings (SSSR count). The molecule has 2 aromatic rings. The van der Waals surface area contributed by atoms with E-state index in [1.54, 1.807) is 6.92 Å². The molecule has 0 aliphatic heterocycles. The highest BCUT2D eigenvalue weighted by atomic mass is 32.2. The Morgan fingerprint density at radius 1 is 1.60 bits per heavy atom. The van der Waals surface area contributed by atoms with Gasteiger partial charge in [-0.3, -0.25) is 10.1 Å². The van der Waals surface area contributed by atoms with Crippen LogP contribution in [-0.2, 0) is 0 Å². The molecule has 20 heavy (non-hydrogen) atoms. The van der Waals surface area contributed by atoms with Crippen molar-refractivity contribution in [2.24, 2.45) is 10.9 Å². The van der Waals surface area contributed by atoms with E-state index in [2.05, 4.69) is 14.5 Å². The van der Waals surface area contributed by atoms with Gasteiger partial charge in [0.25, 0.3) is 5.69 Å². The van der Waals surface area contributed by atoms with Crippen molar-refractivity contribution >= 4 is 34.8 Å². The Bertz CT molecular complexity index is 685. The maximum Gasteiger partial charge on any atom is 0.284 e. The second kappa shape index (κ2) is 5.84. The lowest BCUT2D eigenvalue weighted by molar-refractivity contribution is -0.387. The third-order valence-corrected chi connectivity index (χ3v) is 4.17. The lowest BCUT2D eigenvalue weighted by atomic mass is 10.2. The number of amidine groups is 1. The fraction of sp³-hybridized carbons (Fsp3) is 0.100. The Morgan fingerprint density at radius 3 is 2.90 bits per heavy atom. The van der Waals surface area contributed by atoms with Crippen LogP contribution < -0.4 is 5.73 Å². The highest BCUT2D eigenvalue weighted by molar-refractivity contribution is 8.01. The van der Waals surface area contributed by atoms with E-state index in [1.165, 1.54) is 29.7 Å². The first-order valence-electron chi connectivity index (χ1n) is 5.25. The van der Waals surface area contributed by atoms with Crippen molar-refractivity contribution in [2.75, 3.05) is 0 Å². The summed E-state index contributed by atoms with van der Waals surface area (Å²) < 4.78 is 4.63. The molecular formula is C10H9N5O3S2. The number of nitrogens with two attached hydrogens (primary N) is 1. The van der Waals surface area contributed by atoms with Crippen molar-refractivity contribution in [1.29, 1.82) is 0 Å². The summed E-state index contributed by atoms with van der Waals surface area (Å²) in [5.74, 6) is 0.435. The molecule has 0 aliphatic carbocycles. The highest BCUT2D eigenvalue weighted by Gasteiger charge is 2.18. The number of aryl methyl sites for hydroxylation is 1. The zero-order chi connectivity index (χ0) is 14.7. The Labute approximate surface area is 121 Å². The SMILES string of the molecule is Cc1nsc(Sc2ccc(/C(N)=N/O)cc2[N+](=O)[O-])n1. The van der Waals surface area contributed by atoms with Gasteiger partial charge in [0.15, 0.2) is 10.2 Å². The summed E-state index contributed by atoms with van der Waals surface area (Å²) in [5.41, 5.74) is 5.56. The van der Waals surface area contributed by atoms with E-state index in [9.17, 15) is 10.1 Å². The van der Waals surface area contributed by atoms with Gasteiger partial charge in [-0.25, -0.2) is 4.98 Å². The molecular weight excluding hydrogens is 302 g/mol. The molecule has 0 bridgehead atoms. The Morgan fingerprint density at radius 2 is 2.35 bits per heavy atom. The first kappa shape index (κ1) is 14.2. The monoisotopic (exact) mass is 311 g/mol. The number of hydrogen-bond donors (Lipinski definition) is 2. The minimum absolute atomic E-state index is 0.132. The maximum atomic E-state index is 11.1. The largest absolute Gasteiger partial charge is 0.409 e. The van der Waals surface area contributed by atoms with Crippen LogP contribution in [0.4, 0.5) is 5.69 Å². The fourth-order valence-electron chi connectivity index (χ4n) is 1.38. The van der Waals surface area contributed by atoms with Gasteiger partial charge in [-0.2, -0.15) is 4.37 Å². The minimum Gasteiger partial charge on any atom is -0.409 e. The van der Waals surface area contributed by atoms with Gasteiger partial charge in [-0.05, 0) is 30.6 Å². The molecule has 8 nitrogen and oxygen atoms in total. The molecule has 0 amide bonds. The van der Waals surface area contributed by atoms with E-state index in [0.717, 1.165) is 11.8 Å². The van der Waals surface area contributed by atoms with E-state index in [-0.39, 0.29) is 17.1 Å². The van der Waals surface area contributed by atoms with Gasteiger partial charge in [0.05, 0.1) is 9.82 Å². The smallest absolute Gasteiger partial charge is 0.284 e. The summed E-state index contributed by atoms with van der Waals surface area (Å²) in [7, 11) is 0. The van der Waals surface area contributed by atoms with Crippen molar-refractivity contribution in [3.05, 3.63) is 39.7 Å². The van der Waals surface area contributed by atoms with Crippen molar-refractivity contribution in [3.8, 4) is 0 Å². The standard InChI is InChI=1S/C10H9N5O3S2/c1-5-12-10(20-14-5)19-8-3-2-6(9(11)13-16)4-7(8)15(17)18/h2-4,16H,1H3,(H2,11,13). The summed E-state index contributed by atoms with van der Waals surface area (Å²) in [6, 6.07) is 4.33. The Balaban J connectivity index is 2.40. The van der Waals surface area contributed by atoms with Crippen LogP contribution in [0.5, 0.6) is 0 Å². The van der Waals surface area contributed by atoms with Crippen LogP contribution in [0, 0.1) is 17.0 Å². The molecule has 0 unspecified atom stereocenters. The number of rotatable bonds is 4.